The van der Waals surface area contributed by atoms with Crippen molar-refractivity contribution >= 4 is 17.6 Å². The molecule has 12 heteroatoms. The molecule has 0 aliphatic heterocycles. The van der Waals surface area contributed by atoms with Crippen LogP contribution in [0.5, 0.6) is 0 Å². The Morgan fingerprint density at radius 3 is 2.67 bits per heavy atom. The second kappa shape index (κ2) is 9.02. The zero-order chi connectivity index (χ0) is 23.4. The fourth-order valence-corrected chi connectivity index (χ4v) is 2.91. The molecule has 0 unspecified atom stereocenters. The zero-order valence-corrected chi connectivity index (χ0v) is 16.7. The summed E-state index contributed by atoms with van der Waals surface area (Å²) in [6, 6.07) is 8.34. The Morgan fingerprint density at radius 1 is 1.09 bits per heavy atom. The molecule has 4 aromatic rings. The van der Waals surface area contributed by atoms with Gasteiger partial charge in [-0.2, -0.15) is 13.2 Å². The quantitative estimate of drug-likeness (QED) is 0.343. The van der Waals surface area contributed by atoms with Crippen molar-refractivity contribution in [1.29, 1.82) is 0 Å². The predicted octanol–water partition coefficient (Wildman–Crippen LogP) is 4.27. The lowest BCUT2D eigenvalue weighted by atomic mass is 10.1. The number of nitrogens with zero attached hydrogens (tertiary/aromatic N) is 4. The number of nitrogens with one attached hydrogen (secondary N) is 2. The number of halogens is 4. The molecule has 0 aliphatic carbocycles. The zero-order valence-electron chi connectivity index (χ0n) is 16.7. The van der Waals surface area contributed by atoms with Crippen molar-refractivity contribution in [2.24, 2.45) is 0 Å². The van der Waals surface area contributed by atoms with Gasteiger partial charge < -0.3 is 5.32 Å². The molecule has 33 heavy (non-hydrogen) atoms. The Hall–Kier alpha value is -4.35. The van der Waals surface area contributed by atoms with Crippen molar-refractivity contribution in [3.63, 3.8) is 0 Å². The molecule has 0 saturated heterocycles. The van der Waals surface area contributed by atoms with Crippen LogP contribution < -0.4 is 15.3 Å². The van der Waals surface area contributed by atoms with E-state index in [0.29, 0.717) is 16.8 Å². The maximum absolute atomic E-state index is 13.8. The van der Waals surface area contributed by atoms with Gasteiger partial charge >= 0.3 is 18.1 Å². The molecule has 0 spiro atoms. The van der Waals surface area contributed by atoms with E-state index in [2.05, 4.69) is 25.9 Å². The average Bonchev–Trinajstić information content (AvgIpc) is 3.21. The molecule has 8 nitrogen and oxygen atoms in total. The number of alkyl halides is 3. The molecule has 0 bridgehead atoms. The van der Waals surface area contributed by atoms with Crippen LogP contribution in [0.3, 0.4) is 0 Å². The lowest BCUT2D eigenvalue weighted by molar-refractivity contribution is -0.755. The number of anilines is 2. The highest BCUT2D eigenvalue weighted by Crippen LogP contribution is 2.30. The highest BCUT2D eigenvalue weighted by atomic mass is 19.4. The molecular formula is C21H15F4N6O2+. The predicted molar refractivity (Wildman–Crippen MR) is 107 cm³/mol. The van der Waals surface area contributed by atoms with Gasteiger partial charge in [-0.15, -0.1) is 0 Å². The third-order valence-corrected chi connectivity index (χ3v) is 4.43. The van der Waals surface area contributed by atoms with Crippen LogP contribution in [0.15, 0.2) is 71.8 Å². The summed E-state index contributed by atoms with van der Waals surface area (Å²) in [6.07, 6.45) is 0.963. The highest BCUT2D eigenvalue weighted by molar-refractivity contribution is 5.98. The maximum Gasteiger partial charge on any atom is 0.416 e. The van der Waals surface area contributed by atoms with E-state index in [0.717, 1.165) is 18.3 Å². The van der Waals surface area contributed by atoms with Crippen molar-refractivity contribution in [2.75, 3.05) is 10.6 Å². The van der Waals surface area contributed by atoms with Crippen LogP contribution in [0.1, 0.15) is 11.3 Å². The molecule has 1 aromatic carbocycles. The number of aromatic nitrogens is 4. The first-order valence-corrected chi connectivity index (χ1v) is 9.44. The first-order chi connectivity index (χ1) is 15.8. The number of carbonyl (C=O) groups excluding carboxylic acids is 1. The molecular weight excluding hydrogens is 444 g/mol. The number of carbonyl (C=O) groups is 1. The number of amides is 2. The van der Waals surface area contributed by atoms with Crippen molar-refractivity contribution in [2.45, 2.75) is 12.7 Å². The van der Waals surface area contributed by atoms with Crippen LogP contribution in [0.4, 0.5) is 33.9 Å². The fraction of sp³-hybridized carbons (Fsp3) is 0.0952. The fourth-order valence-electron chi connectivity index (χ4n) is 2.91. The van der Waals surface area contributed by atoms with E-state index in [1.165, 1.54) is 35.4 Å². The van der Waals surface area contributed by atoms with Crippen LogP contribution in [0, 0.1) is 5.82 Å². The van der Waals surface area contributed by atoms with Gasteiger partial charge in [0, 0.05) is 29.2 Å². The summed E-state index contributed by atoms with van der Waals surface area (Å²) in [7, 11) is 0. The number of rotatable bonds is 5. The Labute approximate surface area is 183 Å². The Kier molecular flexibility index (Phi) is 5.98. The normalized spacial score (nSPS) is 11.3. The van der Waals surface area contributed by atoms with Crippen LogP contribution in [0.2, 0.25) is 0 Å². The lowest BCUT2D eigenvalue weighted by Crippen LogP contribution is -2.35. The molecule has 3 heterocycles. The summed E-state index contributed by atoms with van der Waals surface area (Å²) in [6.45, 7) is 0.194. The van der Waals surface area contributed by atoms with Crippen LogP contribution in [-0.2, 0) is 12.7 Å². The number of hydrogen-bond donors (Lipinski definition) is 2. The first kappa shape index (κ1) is 21.9. The molecule has 0 aliphatic rings. The number of benzene rings is 1. The molecule has 0 radical (unpaired) electrons. The summed E-state index contributed by atoms with van der Waals surface area (Å²) in [4.78, 5) is 20.0. The monoisotopic (exact) mass is 459 g/mol. The molecule has 0 fully saturated rings. The van der Waals surface area contributed by atoms with E-state index in [4.69, 9.17) is 4.52 Å². The third kappa shape index (κ3) is 5.47. The van der Waals surface area contributed by atoms with Crippen molar-refractivity contribution < 1.29 is 31.6 Å². The largest absolute Gasteiger partial charge is 0.416 e. The molecule has 0 atom stereocenters. The minimum absolute atomic E-state index is 0.0325. The third-order valence-electron chi connectivity index (χ3n) is 4.43. The molecule has 2 amide bonds. The van der Waals surface area contributed by atoms with Crippen molar-refractivity contribution in [1.82, 2.24) is 15.2 Å². The molecule has 2 N–H and O–H groups in total. The number of urea groups is 1. The first-order valence-electron chi connectivity index (χ1n) is 9.44. The molecule has 168 valence electrons. The number of hydrogen-bond acceptors (Lipinski definition) is 5. The van der Waals surface area contributed by atoms with E-state index in [1.807, 2.05) is 0 Å². The van der Waals surface area contributed by atoms with Crippen LogP contribution in [0.25, 0.3) is 11.1 Å². The van der Waals surface area contributed by atoms with E-state index in [-0.39, 0.29) is 18.1 Å². The minimum Gasteiger partial charge on any atom is -0.308 e. The van der Waals surface area contributed by atoms with Crippen molar-refractivity contribution in [3.05, 3.63) is 84.3 Å². The summed E-state index contributed by atoms with van der Waals surface area (Å²) < 4.78 is 58.5. The topological polar surface area (TPSA) is 96.8 Å². The van der Waals surface area contributed by atoms with Gasteiger partial charge in [-0.1, -0.05) is 12.1 Å². The summed E-state index contributed by atoms with van der Waals surface area (Å²) in [5, 5.41) is 8.39. The van der Waals surface area contributed by atoms with Gasteiger partial charge in [-0.3, -0.25) is 19.8 Å². The van der Waals surface area contributed by atoms with E-state index < -0.39 is 23.6 Å². The van der Waals surface area contributed by atoms with E-state index in [1.54, 1.807) is 18.2 Å². The Bertz CT molecular complexity index is 1270. The summed E-state index contributed by atoms with van der Waals surface area (Å²) in [5.41, 5.74) is 0.618. The molecule has 3 aromatic heterocycles. The Morgan fingerprint density at radius 2 is 1.94 bits per heavy atom. The second-order valence-electron chi connectivity index (χ2n) is 6.82. The van der Waals surface area contributed by atoms with Gasteiger partial charge in [0.2, 0.25) is 11.8 Å². The van der Waals surface area contributed by atoms with Crippen LogP contribution in [-0.4, -0.2) is 21.3 Å². The summed E-state index contributed by atoms with van der Waals surface area (Å²) >= 11 is 0. The standard InChI is InChI=1S/C21H14F4N6O2/c22-18-10-26-7-6-17(18)13-4-5-16(27-9-13)11-31-12-19(33-30-31)29-20(32)28-15-3-1-2-14(8-15)21(23,24)25/h1-10,12H,11H2,(H-,28,29,30,32)/p+1. The van der Waals surface area contributed by atoms with Gasteiger partial charge in [-0.25, -0.2) is 9.18 Å². The smallest absolute Gasteiger partial charge is 0.308 e. The summed E-state index contributed by atoms with van der Waals surface area (Å²) in [5.74, 6) is -0.494. The van der Waals surface area contributed by atoms with Gasteiger partial charge in [-0.05, 0) is 35.0 Å². The van der Waals surface area contributed by atoms with Crippen molar-refractivity contribution in [3.8, 4) is 11.1 Å². The number of pyridine rings is 2. The van der Waals surface area contributed by atoms with Gasteiger partial charge in [0.25, 0.3) is 6.20 Å². The Balaban J connectivity index is 1.36. The van der Waals surface area contributed by atoms with Gasteiger partial charge in [0.15, 0.2) is 0 Å². The highest BCUT2D eigenvalue weighted by Gasteiger charge is 2.30. The molecule has 4 rings (SSSR count). The second-order valence-corrected chi connectivity index (χ2v) is 6.82. The van der Waals surface area contributed by atoms with Gasteiger partial charge in [0.05, 0.1) is 11.8 Å². The minimum atomic E-state index is -4.52. The van der Waals surface area contributed by atoms with Crippen LogP contribution >= 0.6 is 0 Å². The maximum atomic E-state index is 13.8. The van der Waals surface area contributed by atoms with Gasteiger partial charge in [0.1, 0.15) is 11.5 Å². The van der Waals surface area contributed by atoms with E-state index in [9.17, 15) is 22.4 Å². The van der Waals surface area contributed by atoms with E-state index >= 15 is 0 Å². The lowest BCUT2D eigenvalue weighted by Gasteiger charge is -2.09. The molecule has 0 saturated carbocycles. The SMILES string of the molecule is O=C(Nc1cccc(C(F)(F)F)c1)Nc1c[n+](Cc2ccc(-c3ccncc3F)cn2)no1. The average molecular weight is 459 g/mol.